The first-order chi connectivity index (χ1) is 12.3. The molecule has 2 atom stereocenters. The van der Waals surface area contributed by atoms with Crippen molar-refractivity contribution in [3.8, 4) is 0 Å². The Balaban J connectivity index is 2.24. The maximum atomic E-state index is 12.0. The maximum Gasteiger partial charge on any atom is 0.313 e. The summed E-state index contributed by atoms with van der Waals surface area (Å²) in [4.78, 5) is 31.1. The van der Waals surface area contributed by atoms with Crippen molar-refractivity contribution in [2.45, 2.75) is 26.7 Å². The van der Waals surface area contributed by atoms with Crippen LogP contribution in [0.25, 0.3) is 5.57 Å². The highest BCUT2D eigenvalue weighted by molar-refractivity contribution is 6.05. The molecule has 3 rings (SSSR count). The average molecular weight is 356 g/mol. The van der Waals surface area contributed by atoms with Crippen molar-refractivity contribution in [3.05, 3.63) is 57.4 Å². The van der Waals surface area contributed by atoms with Gasteiger partial charge < -0.3 is 9.63 Å². The number of hydrogen-bond acceptors (Lipinski definition) is 7. The summed E-state index contributed by atoms with van der Waals surface area (Å²) < 4.78 is 5.25. The van der Waals surface area contributed by atoms with Crippen molar-refractivity contribution >= 4 is 22.9 Å². The van der Waals surface area contributed by atoms with Crippen molar-refractivity contribution in [3.63, 3.8) is 0 Å². The fourth-order valence-electron chi connectivity index (χ4n) is 3.23. The first-order valence-electron chi connectivity index (χ1n) is 7.83. The zero-order chi connectivity index (χ0) is 19.0. The smallest absolute Gasteiger partial charge is 0.313 e. The number of nitro benzene ring substituents is 1. The minimum atomic E-state index is -1.08. The predicted molar refractivity (Wildman–Crippen MR) is 91.7 cm³/mol. The van der Waals surface area contributed by atoms with E-state index >= 15 is 0 Å². The Morgan fingerprint density at radius 1 is 1.31 bits per heavy atom. The van der Waals surface area contributed by atoms with Crippen LogP contribution in [-0.2, 0) is 4.79 Å². The normalized spacial score (nSPS) is 20.0. The molecule has 9 nitrogen and oxygen atoms in total. The van der Waals surface area contributed by atoms with Crippen molar-refractivity contribution in [2.24, 2.45) is 10.9 Å². The van der Waals surface area contributed by atoms with Gasteiger partial charge in [0.05, 0.1) is 4.92 Å². The summed E-state index contributed by atoms with van der Waals surface area (Å²) in [5.74, 6) is -2.24. The third-order valence-electron chi connectivity index (χ3n) is 4.29. The van der Waals surface area contributed by atoms with Crippen LogP contribution in [0.3, 0.4) is 0 Å². The first kappa shape index (κ1) is 17.5. The van der Waals surface area contributed by atoms with Crippen LogP contribution >= 0.6 is 0 Å². The molecule has 0 spiro atoms. The number of rotatable bonds is 4. The van der Waals surface area contributed by atoms with Gasteiger partial charge in [-0.25, -0.2) is 0 Å². The van der Waals surface area contributed by atoms with Crippen LogP contribution in [0.1, 0.15) is 37.0 Å². The van der Waals surface area contributed by atoms with Crippen LogP contribution in [0.15, 0.2) is 39.5 Å². The molecule has 1 aromatic heterocycles. The summed E-state index contributed by atoms with van der Waals surface area (Å²) in [6, 6.07) is 5.91. The molecule has 26 heavy (non-hydrogen) atoms. The number of nitro groups is 1. The number of aryl methyl sites for hydroxylation is 1. The molecular formula is C17H16N4O5. The Morgan fingerprint density at radius 2 is 2.04 bits per heavy atom. The highest BCUT2D eigenvalue weighted by Gasteiger charge is 2.41. The minimum Gasteiger partial charge on any atom is -0.481 e. The van der Waals surface area contributed by atoms with E-state index in [0.717, 1.165) is 0 Å². The van der Waals surface area contributed by atoms with E-state index in [4.69, 9.17) is 4.52 Å². The lowest BCUT2D eigenvalue weighted by atomic mass is 9.75. The molecule has 0 saturated carbocycles. The molecule has 2 heterocycles. The number of carbonyl (C=O) groups is 1. The van der Waals surface area contributed by atoms with E-state index in [2.05, 4.69) is 15.1 Å². The van der Waals surface area contributed by atoms with Gasteiger partial charge in [-0.05, 0) is 26.3 Å². The predicted octanol–water partition coefficient (Wildman–Crippen LogP) is 2.98. The first-order valence-corrected chi connectivity index (χ1v) is 7.83. The van der Waals surface area contributed by atoms with Gasteiger partial charge in [-0.1, -0.05) is 17.3 Å². The number of aliphatic imine (C=N–C) groups is 1. The molecule has 0 amide bonds. The Labute approximate surface area is 148 Å². The quantitative estimate of drug-likeness (QED) is 0.658. The summed E-state index contributed by atoms with van der Waals surface area (Å²) in [5, 5.41) is 24.7. The lowest BCUT2D eigenvalue weighted by Crippen LogP contribution is -2.32. The van der Waals surface area contributed by atoms with Crippen LogP contribution in [0, 0.1) is 23.0 Å². The van der Waals surface area contributed by atoms with Gasteiger partial charge >= 0.3 is 5.97 Å². The van der Waals surface area contributed by atoms with Crippen molar-refractivity contribution in [2.75, 3.05) is 0 Å². The number of aromatic nitrogens is 2. The number of benzene rings is 1. The third kappa shape index (κ3) is 2.99. The standard InChI is InChI=1S/C17H16N4O5/c1-8-13(16-19-10(3)20-26-16)15(14(17(22)23)9(2)18-8)11-5-4-6-12(7-11)21(24)25/h4-7,14-15H,1-3H3,(H,22,23). The van der Waals surface area contributed by atoms with Gasteiger partial charge in [0.25, 0.3) is 11.6 Å². The highest BCUT2D eigenvalue weighted by atomic mass is 16.6. The van der Waals surface area contributed by atoms with Crippen LogP contribution in [-0.4, -0.2) is 31.9 Å². The average Bonchev–Trinajstić information content (AvgIpc) is 2.99. The Hall–Kier alpha value is -3.36. The van der Waals surface area contributed by atoms with Gasteiger partial charge in [0.1, 0.15) is 5.92 Å². The monoisotopic (exact) mass is 356 g/mol. The highest BCUT2D eigenvalue weighted by Crippen LogP contribution is 2.44. The van der Waals surface area contributed by atoms with Crippen LogP contribution in [0.2, 0.25) is 0 Å². The van der Waals surface area contributed by atoms with Gasteiger partial charge in [-0.2, -0.15) is 4.98 Å². The van der Waals surface area contributed by atoms with Crippen molar-refractivity contribution in [1.82, 2.24) is 10.1 Å². The molecule has 0 fully saturated rings. The number of allylic oxidation sites excluding steroid dienone is 2. The molecule has 2 unspecified atom stereocenters. The largest absolute Gasteiger partial charge is 0.481 e. The molecule has 9 heteroatoms. The lowest BCUT2D eigenvalue weighted by molar-refractivity contribution is -0.384. The zero-order valence-electron chi connectivity index (χ0n) is 14.3. The van der Waals surface area contributed by atoms with E-state index in [1.807, 2.05) is 0 Å². The summed E-state index contributed by atoms with van der Waals surface area (Å²) >= 11 is 0. The van der Waals surface area contributed by atoms with E-state index in [0.29, 0.717) is 28.4 Å². The van der Waals surface area contributed by atoms with Gasteiger partial charge in [0, 0.05) is 35.0 Å². The van der Waals surface area contributed by atoms with E-state index < -0.39 is 22.7 Å². The summed E-state index contributed by atoms with van der Waals surface area (Å²) in [7, 11) is 0. The molecule has 2 aromatic rings. The molecule has 1 N–H and O–H groups in total. The van der Waals surface area contributed by atoms with E-state index in [1.54, 1.807) is 26.8 Å². The SMILES string of the molecule is CC1=NC(C)=C(c2nc(C)no2)C(c2cccc([N+](=O)[O-])c2)C1C(=O)O. The second kappa shape index (κ2) is 6.51. The Morgan fingerprint density at radius 3 is 2.62 bits per heavy atom. The minimum absolute atomic E-state index is 0.120. The Kier molecular flexibility index (Phi) is 4.37. The number of aliphatic carboxylic acids is 1. The van der Waals surface area contributed by atoms with E-state index in [-0.39, 0.29) is 11.6 Å². The van der Waals surface area contributed by atoms with Crippen molar-refractivity contribution in [1.29, 1.82) is 0 Å². The maximum absolute atomic E-state index is 12.0. The second-order valence-electron chi connectivity index (χ2n) is 6.04. The summed E-state index contributed by atoms with van der Waals surface area (Å²) in [5.41, 5.74) is 1.77. The van der Waals surface area contributed by atoms with Crippen LogP contribution < -0.4 is 0 Å². The second-order valence-corrected chi connectivity index (χ2v) is 6.04. The molecule has 1 aliphatic rings. The molecule has 0 radical (unpaired) electrons. The van der Waals surface area contributed by atoms with Crippen LogP contribution in [0.4, 0.5) is 5.69 Å². The van der Waals surface area contributed by atoms with Crippen LogP contribution in [0.5, 0.6) is 0 Å². The molecule has 134 valence electrons. The molecule has 0 bridgehead atoms. The molecule has 0 aliphatic carbocycles. The van der Waals surface area contributed by atoms with Crippen molar-refractivity contribution < 1.29 is 19.3 Å². The fraction of sp³-hybridized carbons (Fsp3) is 0.294. The third-order valence-corrected chi connectivity index (χ3v) is 4.29. The number of carboxylic acids is 1. The molecule has 1 aromatic carbocycles. The van der Waals surface area contributed by atoms with E-state index in [9.17, 15) is 20.0 Å². The number of hydrogen-bond donors (Lipinski definition) is 1. The zero-order valence-corrected chi connectivity index (χ0v) is 14.3. The van der Waals surface area contributed by atoms with Gasteiger partial charge in [-0.3, -0.25) is 19.9 Å². The summed E-state index contributed by atoms with van der Waals surface area (Å²) in [6.07, 6.45) is 0. The van der Waals surface area contributed by atoms with E-state index in [1.165, 1.54) is 18.2 Å². The number of nitrogens with zero attached hydrogens (tertiary/aromatic N) is 4. The molecular weight excluding hydrogens is 340 g/mol. The van der Waals surface area contributed by atoms with Gasteiger partial charge in [0.15, 0.2) is 5.82 Å². The van der Waals surface area contributed by atoms with Gasteiger partial charge in [0.2, 0.25) is 0 Å². The molecule has 0 saturated heterocycles. The van der Waals surface area contributed by atoms with Gasteiger partial charge in [-0.15, -0.1) is 0 Å². The Bertz CT molecular complexity index is 960. The lowest BCUT2D eigenvalue weighted by Gasteiger charge is -2.29. The number of carboxylic acid groups (broad SMARTS) is 1. The number of non-ortho nitro benzene ring substituents is 1. The molecule has 1 aliphatic heterocycles. The topological polar surface area (TPSA) is 132 Å². The fourth-order valence-corrected chi connectivity index (χ4v) is 3.23. The summed E-state index contributed by atoms with van der Waals surface area (Å²) in [6.45, 7) is 5.00.